The standard InChI is InChI=1S/C19H18N4O/c24-19-14-9-4-10-15-17(14)18(23-19)22-16(21-15)12-20-11-5-8-13-6-2-1-3-7-13/h1-4,6-7,9-10,20H,5,8,11-12H2,(H,21,22,23,24). The lowest BCUT2D eigenvalue weighted by molar-refractivity contribution is 0.103. The zero-order valence-electron chi connectivity index (χ0n) is 13.2. The molecule has 24 heavy (non-hydrogen) atoms. The number of nitrogens with one attached hydrogen (secondary N) is 2. The van der Waals surface area contributed by atoms with Gasteiger partial charge in [-0.1, -0.05) is 36.4 Å². The summed E-state index contributed by atoms with van der Waals surface area (Å²) in [4.78, 5) is 20.9. The normalized spacial score (nSPS) is 12.6. The molecular formula is C19H18N4O. The number of anilines is 1. The molecule has 2 N–H and O–H groups in total. The molecule has 0 fully saturated rings. The largest absolute Gasteiger partial charge is 0.310 e. The summed E-state index contributed by atoms with van der Waals surface area (Å²) >= 11 is 0. The highest BCUT2D eigenvalue weighted by Gasteiger charge is 2.23. The third-order valence-corrected chi connectivity index (χ3v) is 4.19. The van der Waals surface area contributed by atoms with Crippen LogP contribution in [0.4, 0.5) is 5.82 Å². The number of aromatic nitrogens is 2. The molecule has 0 unspecified atom stereocenters. The highest BCUT2D eigenvalue weighted by molar-refractivity contribution is 6.22. The molecule has 4 rings (SSSR count). The van der Waals surface area contributed by atoms with Gasteiger partial charge in [-0.05, 0) is 37.1 Å². The number of carbonyl (C=O) groups excluding carboxylic acids is 1. The van der Waals surface area contributed by atoms with E-state index in [2.05, 4.69) is 44.9 Å². The number of rotatable bonds is 6. The maximum atomic E-state index is 11.9. The van der Waals surface area contributed by atoms with Gasteiger partial charge in [-0.25, -0.2) is 9.97 Å². The van der Waals surface area contributed by atoms with Crippen molar-refractivity contribution in [2.24, 2.45) is 0 Å². The fraction of sp³-hybridized carbons (Fsp3) is 0.211. The van der Waals surface area contributed by atoms with Gasteiger partial charge in [0.2, 0.25) is 0 Å². The fourth-order valence-electron chi connectivity index (χ4n) is 3.03. The predicted octanol–water partition coefficient (Wildman–Crippen LogP) is 2.92. The van der Waals surface area contributed by atoms with Crippen molar-refractivity contribution in [2.75, 3.05) is 11.9 Å². The van der Waals surface area contributed by atoms with E-state index in [1.54, 1.807) is 6.07 Å². The number of hydrogen-bond acceptors (Lipinski definition) is 4. The smallest absolute Gasteiger partial charge is 0.257 e. The van der Waals surface area contributed by atoms with Crippen LogP contribution in [0.2, 0.25) is 0 Å². The summed E-state index contributed by atoms with van der Waals surface area (Å²) < 4.78 is 0. The molecule has 0 saturated heterocycles. The predicted molar refractivity (Wildman–Crippen MR) is 94.0 cm³/mol. The molecule has 1 aliphatic rings. The van der Waals surface area contributed by atoms with Crippen molar-refractivity contribution in [1.82, 2.24) is 15.3 Å². The van der Waals surface area contributed by atoms with Gasteiger partial charge >= 0.3 is 0 Å². The van der Waals surface area contributed by atoms with E-state index in [-0.39, 0.29) is 5.91 Å². The van der Waals surface area contributed by atoms with Crippen LogP contribution >= 0.6 is 0 Å². The Labute approximate surface area is 140 Å². The van der Waals surface area contributed by atoms with E-state index >= 15 is 0 Å². The fourth-order valence-corrected chi connectivity index (χ4v) is 3.03. The molecule has 1 aromatic heterocycles. The Kier molecular flexibility index (Phi) is 3.92. The Balaban J connectivity index is 1.38. The summed E-state index contributed by atoms with van der Waals surface area (Å²) in [5.41, 5.74) is 2.83. The molecule has 2 heterocycles. The van der Waals surface area contributed by atoms with E-state index in [9.17, 15) is 4.79 Å². The Morgan fingerprint density at radius 1 is 1.00 bits per heavy atom. The third kappa shape index (κ3) is 2.86. The van der Waals surface area contributed by atoms with Crippen LogP contribution in [0.15, 0.2) is 48.5 Å². The maximum absolute atomic E-state index is 11.9. The van der Waals surface area contributed by atoms with Crippen molar-refractivity contribution < 1.29 is 4.79 Å². The van der Waals surface area contributed by atoms with Crippen molar-refractivity contribution >= 4 is 22.6 Å². The number of benzene rings is 2. The molecule has 0 bridgehead atoms. The zero-order valence-corrected chi connectivity index (χ0v) is 13.2. The molecule has 5 heteroatoms. The van der Waals surface area contributed by atoms with Crippen molar-refractivity contribution in [3.63, 3.8) is 0 Å². The van der Waals surface area contributed by atoms with Crippen LogP contribution in [0.5, 0.6) is 0 Å². The van der Waals surface area contributed by atoms with Gasteiger partial charge in [-0.2, -0.15) is 0 Å². The van der Waals surface area contributed by atoms with Crippen molar-refractivity contribution in [1.29, 1.82) is 0 Å². The lowest BCUT2D eigenvalue weighted by atomic mass is 10.1. The maximum Gasteiger partial charge on any atom is 0.257 e. The first-order valence-corrected chi connectivity index (χ1v) is 8.17. The van der Waals surface area contributed by atoms with Gasteiger partial charge < -0.3 is 10.6 Å². The second-order valence-electron chi connectivity index (χ2n) is 5.91. The third-order valence-electron chi connectivity index (χ3n) is 4.19. The first-order chi connectivity index (χ1) is 11.8. The van der Waals surface area contributed by atoms with E-state index in [0.717, 1.165) is 30.3 Å². The molecule has 0 saturated carbocycles. The van der Waals surface area contributed by atoms with Crippen LogP contribution < -0.4 is 10.6 Å². The summed E-state index contributed by atoms with van der Waals surface area (Å²) in [6, 6.07) is 16.0. The van der Waals surface area contributed by atoms with E-state index in [0.29, 0.717) is 23.8 Å². The molecule has 2 aromatic carbocycles. The second-order valence-corrected chi connectivity index (χ2v) is 5.91. The molecule has 1 amide bonds. The molecule has 0 spiro atoms. The summed E-state index contributed by atoms with van der Waals surface area (Å²) in [5, 5.41) is 7.02. The lowest BCUT2D eigenvalue weighted by Gasteiger charge is -2.06. The summed E-state index contributed by atoms with van der Waals surface area (Å²) in [6.45, 7) is 1.50. The Morgan fingerprint density at radius 3 is 2.75 bits per heavy atom. The molecular weight excluding hydrogens is 300 g/mol. The van der Waals surface area contributed by atoms with E-state index < -0.39 is 0 Å². The van der Waals surface area contributed by atoms with Gasteiger partial charge in [-0.15, -0.1) is 0 Å². The minimum atomic E-state index is -0.0992. The number of amides is 1. The van der Waals surface area contributed by atoms with E-state index in [1.165, 1.54) is 5.56 Å². The summed E-state index contributed by atoms with van der Waals surface area (Å²) in [6.07, 6.45) is 2.11. The topological polar surface area (TPSA) is 66.9 Å². The van der Waals surface area contributed by atoms with Crippen LogP contribution in [-0.4, -0.2) is 22.4 Å². The molecule has 5 nitrogen and oxygen atoms in total. The molecule has 0 radical (unpaired) electrons. The Morgan fingerprint density at radius 2 is 1.88 bits per heavy atom. The molecule has 0 aliphatic carbocycles. The number of nitrogens with zero attached hydrogens (tertiary/aromatic N) is 2. The van der Waals surface area contributed by atoms with Gasteiger partial charge in [0.15, 0.2) is 0 Å². The lowest BCUT2D eigenvalue weighted by Crippen LogP contribution is -2.17. The molecule has 120 valence electrons. The van der Waals surface area contributed by atoms with Gasteiger partial charge in [0.1, 0.15) is 11.6 Å². The highest BCUT2D eigenvalue weighted by atomic mass is 16.1. The van der Waals surface area contributed by atoms with E-state index in [4.69, 9.17) is 0 Å². The summed E-state index contributed by atoms with van der Waals surface area (Å²) in [5.74, 6) is 1.23. The monoisotopic (exact) mass is 318 g/mol. The van der Waals surface area contributed by atoms with Crippen LogP contribution in [0.3, 0.4) is 0 Å². The first-order valence-electron chi connectivity index (χ1n) is 8.17. The molecule has 3 aromatic rings. The second kappa shape index (κ2) is 6.37. The number of carbonyl (C=O) groups is 1. The van der Waals surface area contributed by atoms with Crippen LogP contribution in [0.1, 0.15) is 28.2 Å². The van der Waals surface area contributed by atoms with E-state index in [1.807, 2.05) is 18.2 Å². The van der Waals surface area contributed by atoms with Gasteiger partial charge in [-0.3, -0.25) is 4.79 Å². The minimum Gasteiger partial charge on any atom is -0.310 e. The van der Waals surface area contributed by atoms with Crippen molar-refractivity contribution in [3.8, 4) is 0 Å². The molecule has 0 atom stereocenters. The molecule has 1 aliphatic heterocycles. The summed E-state index contributed by atoms with van der Waals surface area (Å²) in [7, 11) is 0. The number of hydrogen-bond donors (Lipinski definition) is 2. The van der Waals surface area contributed by atoms with Crippen LogP contribution in [-0.2, 0) is 13.0 Å². The van der Waals surface area contributed by atoms with Gasteiger partial charge in [0.05, 0.1) is 23.0 Å². The van der Waals surface area contributed by atoms with Crippen molar-refractivity contribution in [2.45, 2.75) is 19.4 Å². The van der Waals surface area contributed by atoms with Crippen molar-refractivity contribution in [3.05, 3.63) is 65.5 Å². The quantitative estimate of drug-likeness (QED) is 0.686. The Bertz CT molecular complexity index is 893. The SMILES string of the molecule is O=C1Nc2nc(CNCCCc3ccccc3)nc3cccc1c23. The minimum absolute atomic E-state index is 0.0992. The van der Waals surface area contributed by atoms with Gasteiger partial charge in [0.25, 0.3) is 5.91 Å². The average Bonchev–Trinajstić information content (AvgIpc) is 2.93. The Hall–Kier alpha value is -2.79. The zero-order chi connectivity index (χ0) is 16.4. The van der Waals surface area contributed by atoms with Gasteiger partial charge in [0, 0.05) is 0 Å². The average molecular weight is 318 g/mol. The first kappa shape index (κ1) is 14.8. The van der Waals surface area contributed by atoms with Crippen LogP contribution in [0, 0.1) is 0 Å². The van der Waals surface area contributed by atoms with Crippen LogP contribution in [0.25, 0.3) is 10.9 Å². The number of aryl methyl sites for hydroxylation is 1. The highest BCUT2D eigenvalue weighted by Crippen LogP contribution is 2.30.